The predicted molar refractivity (Wildman–Crippen MR) is 140 cm³/mol. The molecule has 1 aliphatic rings. The number of nitrogens with zero attached hydrogens (tertiary/aromatic N) is 2. The van der Waals surface area contributed by atoms with E-state index in [9.17, 15) is 18.8 Å². The van der Waals surface area contributed by atoms with Crippen LogP contribution in [0.3, 0.4) is 0 Å². The van der Waals surface area contributed by atoms with Crippen LogP contribution in [0.4, 0.5) is 15.8 Å². The smallest absolute Gasteiger partial charge is 0.335 e. The molecule has 0 saturated carbocycles. The predicted octanol–water partition coefficient (Wildman–Crippen LogP) is 4.74. The first-order chi connectivity index (χ1) is 17.8. The minimum Gasteiger partial charge on any atom is -0.497 e. The van der Waals surface area contributed by atoms with Gasteiger partial charge in [-0.3, -0.25) is 14.5 Å². The van der Waals surface area contributed by atoms with Crippen molar-refractivity contribution in [3.8, 4) is 5.75 Å². The molecule has 0 bridgehead atoms. The van der Waals surface area contributed by atoms with Gasteiger partial charge in [0.2, 0.25) is 11.8 Å². The number of aromatic carboxylic acids is 1. The quantitative estimate of drug-likeness (QED) is 0.421. The number of aliphatic imine (C=N–C) groups is 1. The lowest BCUT2D eigenvalue weighted by molar-refractivity contribution is -0.128. The molecule has 190 valence electrons. The fraction of sp³-hybridized carbons (Fsp3) is 0.185. The van der Waals surface area contributed by atoms with E-state index in [0.29, 0.717) is 23.8 Å². The Morgan fingerprint density at radius 1 is 1.08 bits per heavy atom. The normalized spacial score (nSPS) is 16.2. The van der Waals surface area contributed by atoms with Gasteiger partial charge >= 0.3 is 5.97 Å². The molecule has 1 aliphatic heterocycles. The second-order valence-electron chi connectivity index (χ2n) is 8.18. The van der Waals surface area contributed by atoms with Gasteiger partial charge in [-0.05, 0) is 60.5 Å². The number of carbonyl (C=O) groups excluding carboxylic acids is 2. The largest absolute Gasteiger partial charge is 0.497 e. The summed E-state index contributed by atoms with van der Waals surface area (Å²) in [5.41, 5.74) is 1.61. The highest BCUT2D eigenvalue weighted by molar-refractivity contribution is 8.15. The standard InChI is InChI=1S/C27H24FN3O5S/c1-36-20-12-6-17(7-13-20)14-15-31-25(33)23(37-27(31)30-22-5-3-2-4-21(22)28)16-24(32)29-19-10-8-18(9-11-19)26(34)35/h2-13,23H,14-16H2,1H3,(H,29,32)(H,34,35)/t23-/m0/s1. The third kappa shape index (κ3) is 6.53. The van der Waals surface area contributed by atoms with Crippen LogP contribution < -0.4 is 10.1 Å². The number of amidine groups is 1. The molecular formula is C27H24FN3O5S. The molecule has 3 aromatic carbocycles. The first-order valence-corrected chi connectivity index (χ1v) is 12.3. The number of amides is 2. The van der Waals surface area contributed by atoms with Crippen molar-refractivity contribution in [2.45, 2.75) is 18.1 Å². The summed E-state index contributed by atoms with van der Waals surface area (Å²) in [5, 5.41) is 11.3. The summed E-state index contributed by atoms with van der Waals surface area (Å²) in [4.78, 5) is 42.9. The highest BCUT2D eigenvalue weighted by atomic mass is 32.2. The molecule has 3 aromatic rings. The van der Waals surface area contributed by atoms with Gasteiger partial charge in [0.15, 0.2) is 5.17 Å². The molecular weight excluding hydrogens is 497 g/mol. The topological polar surface area (TPSA) is 108 Å². The highest BCUT2D eigenvalue weighted by Crippen LogP contribution is 2.33. The van der Waals surface area contributed by atoms with Crippen molar-refractivity contribution in [3.05, 3.63) is 89.7 Å². The maximum atomic E-state index is 14.3. The number of halogens is 1. The summed E-state index contributed by atoms with van der Waals surface area (Å²) in [6, 6.07) is 19.2. The zero-order valence-electron chi connectivity index (χ0n) is 19.9. The molecule has 8 nitrogen and oxygen atoms in total. The average Bonchev–Trinajstić information content (AvgIpc) is 3.18. The number of benzene rings is 3. The Labute approximate surface area is 217 Å². The fourth-order valence-corrected chi connectivity index (χ4v) is 4.86. The minimum atomic E-state index is -1.07. The molecule has 1 heterocycles. The van der Waals surface area contributed by atoms with E-state index in [0.717, 1.165) is 23.1 Å². The van der Waals surface area contributed by atoms with Gasteiger partial charge in [-0.1, -0.05) is 36.0 Å². The number of hydrogen-bond acceptors (Lipinski definition) is 6. The maximum Gasteiger partial charge on any atom is 0.335 e. The van der Waals surface area contributed by atoms with Crippen LogP contribution in [0.15, 0.2) is 77.8 Å². The van der Waals surface area contributed by atoms with Crippen molar-refractivity contribution < 1.29 is 28.6 Å². The van der Waals surface area contributed by atoms with Crippen LogP contribution in [-0.2, 0) is 16.0 Å². The van der Waals surface area contributed by atoms with E-state index in [2.05, 4.69) is 10.3 Å². The fourth-order valence-electron chi connectivity index (χ4n) is 3.69. The number of carboxylic acid groups (broad SMARTS) is 1. The maximum absolute atomic E-state index is 14.3. The summed E-state index contributed by atoms with van der Waals surface area (Å²) >= 11 is 1.12. The SMILES string of the molecule is COc1ccc(CCN2C(=O)[C@H](CC(=O)Nc3ccc(C(=O)O)cc3)SC2=Nc2ccccc2F)cc1. The molecule has 10 heteroatoms. The molecule has 0 aromatic heterocycles. The molecule has 2 amide bonds. The van der Waals surface area contributed by atoms with E-state index >= 15 is 0 Å². The highest BCUT2D eigenvalue weighted by Gasteiger charge is 2.39. The number of carbonyl (C=O) groups is 3. The van der Waals surface area contributed by atoms with Gasteiger partial charge in [0.05, 0.1) is 12.7 Å². The van der Waals surface area contributed by atoms with Crippen LogP contribution in [0.5, 0.6) is 5.75 Å². The summed E-state index contributed by atoms with van der Waals surface area (Å²) in [6.07, 6.45) is 0.404. The van der Waals surface area contributed by atoms with E-state index in [1.807, 2.05) is 24.3 Å². The third-order valence-corrected chi connectivity index (χ3v) is 6.83. The van der Waals surface area contributed by atoms with Crippen LogP contribution in [0, 0.1) is 5.82 Å². The van der Waals surface area contributed by atoms with Crippen molar-refractivity contribution in [2.24, 2.45) is 4.99 Å². The lowest BCUT2D eigenvalue weighted by Crippen LogP contribution is -2.35. The number of methoxy groups -OCH3 is 1. The zero-order chi connectivity index (χ0) is 26.4. The third-order valence-electron chi connectivity index (χ3n) is 5.66. The summed E-state index contributed by atoms with van der Waals surface area (Å²) < 4.78 is 19.5. The summed E-state index contributed by atoms with van der Waals surface area (Å²) in [7, 11) is 1.59. The number of carboxylic acids is 1. The lowest BCUT2D eigenvalue weighted by Gasteiger charge is -2.17. The number of nitrogens with one attached hydrogen (secondary N) is 1. The first kappa shape index (κ1) is 25.9. The monoisotopic (exact) mass is 521 g/mol. The van der Waals surface area contributed by atoms with Crippen molar-refractivity contribution in [3.63, 3.8) is 0 Å². The second kappa shape index (κ2) is 11.7. The Kier molecular flexibility index (Phi) is 8.19. The van der Waals surface area contributed by atoms with Gasteiger partial charge < -0.3 is 15.2 Å². The number of para-hydroxylation sites is 1. The second-order valence-corrected chi connectivity index (χ2v) is 9.34. The zero-order valence-corrected chi connectivity index (χ0v) is 20.7. The van der Waals surface area contributed by atoms with Gasteiger partial charge in [-0.2, -0.15) is 0 Å². The lowest BCUT2D eigenvalue weighted by atomic mass is 10.1. The molecule has 1 fully saturated rings. The number of anilines is 1. The van der Waals surface area contributed by atoms with E-state index in [4.69, 9.17) is 9.84 Å². The van der Waals surface area contributed by atoms with Gasteiger partial charge in [-0.15, -0.1) is 0 Å². The number of rotatable bonds is 9. The Morgan fingerprint density at radius 3 is 2.43 bits per heavy atom. The van der Waals surface area contributed by atoms with E-state index in [1.165, 1.54) is 41.3 Å². The van der Waals surface area contributed by atoms with Crippen LogP contribution in [0.25, 0.3) is 0 Å². The van der Waals surface area contributed by atoms with Crippen LogP contribution in [-0.4, -0.2) is 51.9 Å². The molecule has 0 unspecified atom stereocenters. The van der Waals surface area contributed by atoms with Gasteiger partial charge in [-0.25, -0.2) is 14.2 Å². The van der Waals surface area contributed by atoms with Crippen molar-refractivity contribution >= 4 is 46.1 Å². The Bertz CT molecular complexity index is 1330. The molecule has 0 spiro atoms. The van der Waals surface area contributed by atoms with Crippen LogP contribution in [0.2, 0.25) is 0 Å². The summed E-state index contributed by atoms with van der Waals surface area (Å²) in [6.45, 7) is 0.306. The molecule has 4 rings (SSSR count). The summed E-state index contributed by atoms with van der Waals surface area (Å²) in [5.74, 6) is -1.55. The molecule has 1 saturated heterocycles. The first-order valence-electron chi connectivity index (χ1n) is 11.4. The van der Waals surface area contributed by atoms with Gasteiger partial charge in [0.1, 0.15) is 22.5 Å². The number of thioether (sulfide) groups is 1. The van der Waals surface area contributed by atoms with Crippen molar-refractivity contribution in [1.82, 2.24) is 4.90 Å². The number of hydrogen-bond donors (Lipinski definition) is 2. The molecule has 1 atom stereocenters. The van der Waals surface area contributed by atoms with E-state index in [-0.39, 0.29) is 23.6 Å². The van der Waals surface area contributed by atoms with Gasteiger partial charge in [0.25, 0.3) is 0 Å². The molecule has 0 aliphatic carbocycles. The number of ether oxygens (including phenoxy) is 1. The Morgan fingerprint density at radius 2 is 1.78 bits per heavy atom. The molecule has 2 N–H and O–H groups in total. The average molecular weight is 522 g/mol. The Balaban J connectivity index is 1.49. The molecule has 37 heavy (non-hydrogen) atoms. The van der Waals surface area contributed by atoms with Gasteiger partial charge in [0, 0.05) is 18.7 Å². The Hall–Kier alpha value is -4.18. The van der Waals surface area contributed by atoms with Crippen molar-refractivity contribution in [1.29, 1.82) is 0 Å². The molecule has 0 radical (unpaired) electrons. The van der Waals surface area contributed by atoms with E-state index < -0.39 is 22.9 Å². The minimum absolute atomic E-state index is 0.0982. The van der Waals surface area contributed by atoms with Crippen molar-refractivity contribution in [2.75, 3.05) is 19.0 Å². The van der Waals surface area contributed by atoms with Crippen LogP contribution >= 0.6 is 11.8 Å². The van der Waals surface area contributed by atoms with E-state index in [1.54, 1.807) is 19.2 Å². The van der Waals surface area contributed by atoms with Crippen LogP contribution in [0.1, 0.15) is 22.3 Å².